The zero-order valence-electron chi connectivity index (χ0n) is 12.4. The van der Waals surface area contributed by atoms with Crippen LogP contribution in [0.3, 0.4) is 0 Å². The summed E-state index contributed by atoms with van der Waals surface area (Å²) in [6, 6.07) is 13.5. The van der Waals surface area contributed by atoms with Crippen LogP contribution in [0.5, 0.6) is 0 Å². The molecule has 0 aliphatic rings. The molecule has 0 bridgehead atoms. The molecular formula is C18H22FN. The van der Waals surface area contributed by atoms with Gasteiger partial charge in [-0.2, -0.15) is 0 Å². The van der Waals surface area contributed by atoms with Gasteiger partial charge in [0.25, 0.3) is 0 Å². The van der Waals surface area contributed by atoms with Crippen LogP contribution in [0.2, 0.25) is 0 Å². The Kier molecular flexibility index (Phi) is 4.91. The Morgan fingerprint density at radius 3 is 2.10 bits per heavy atom. The van der Waals surface area contributed by atoms with E-state index in [1.165, 1.54) is 28.8 Å². The van der Waals surface area contributed by atoms with Gasteiger partial charge in [-0.05, 0) is 50.1 Å². The normalized spacial score (nSPS) is 12.4. The maximum absolute atomic E-state index is 13.1. The molecule has 0 heterocycles. The summed E-state index contributed by atoms with van der Waals surface area (Å²) in [5.74, 6) is -0.191. The predicted molar refractivity (Wildman–Crippen MR) is 82.5 cm³/mol. The van der Waals surface area contributed by atoms with Gasteiger partial charge >= 0.3 is 0 Å². The Labute approximate surface area is 120 Å². The molecule has 0 aliphatic heterocycles. The number of nitrogens with one attached hydrogen (secondary N) is 1. The monoisotopic (exact) mass is 271 g/mol. The molecule has 0 aromatic heterocycles. The van der Waals surface area contributed by atoms with Crippen molar-refractivity contribution < 1.29 is 4.39 Å². The zero-order chi connectivity index (χ0) is 14.5. The van der Waals surface area contributed by atoms with Crippen molar-refractivity contribution in [2.45, 2.75) is 33.2 Å². The minimum absolute atomic E-state index is 0.120. The first-order valence-corrected chi connectivity index (χ1v) is 7.17. The van der Waals surface area contributed by atoms with Gasteiger partial charge < -0.3 is 5.32 Å². The van der Waals surface area contributed by atoms with Gasteiger partial charge in [0.05, 0.1) is 6.04 Å². The van der Waals surface area contributed by atoms with Crippen LogP contribution in [0.25, 0.3) is 0 Å². The maximum Gasteiger partial charge on any atom is 0.123 e. The van der Waals surface area contributed by atoms with Crippen molar-refractivity contribution in [1.29, 1.82) is 0 Å². The van der Waals surface area contributed by atoms with E-state index in [-0.39, 0.29) is 11.9 Å². The molecule has 0 saturated carbocycles. The van der Waals surface area contributed by atoms with Crippen molar-refractivity contribution in [3.05, 3.63) is 70.5 Å². The molecule has 20 heavy (non-hydrogen) atoms. The first-order valence-electron chi connectivity index (χ1n) is 7.17. The third kappa shape index (κ3) is 3.67. The van der Waals surface area contributed by atoms with E-state index in [9.17, 15) is 4.39 Å². The van der Waals surface area contributed by atoms with Gasteiger partial charge in [0.15, 0.2) is 0 Å². The topological polar surface area (TPSA) is 12.0 Å². The molecule has 2 rings (SSSR count). The van der Waals surface area contributed by atoms with Crippen molar-refractivity contribution in [3.8, 4) is 0 Å². The quantitative estimate of drug-likeness (QED) is 0.842. The fourth-order valence-corrected chi connectivity index (χ4v) is 2.55. The molecule has 2 aromatic rings. The van der Waals surface area contributed by atoms with Gasteiger partial charge in [-0.25, -0.2) is 4.39 Å². The first kappa shape index (κ1) is 14.7. The molecule has 0 aliphatic carbocycles. The summed E-state index contributed by atoms with van der Waals surface area (Å²) in [6.07, 6.45) is 1.07. The molecule has 0 saturated heterocycles. The summed E-state index contributed by atoms with van der Waals surface area (Å²) >= 11 is 0. The molecule has 106 valence electrons. The smallest absolute Gasteiger partial charge is 0.123 e. The summed E-state index contributed by atoms with van der Waals surface area (Å²) in [7, 11) is 0. The van der Waals surface area contributed by atoms with Crippen molar-refractivity contribution >= 4 is 0 Å². The Bertz CT molecular complexity index is 540. The number of hydrogen-bond acceptors (Lipinski definition) is 1. The third-order valence-corrected chi connectivity index (χ3v) is 3.38. The molecule has 1 unspecified atom stereocenters. The highest BCUT2D eigenvalue weighted by Gasteiger charge is 2.14. The average Bonchev–Trinajstić information content (AvgIpc) is 2.40. The maximum atomic E-state index is 13.1. The first-order chi connectivity index (χ1) is 9.60. The van der Waals surface area contributed by atoms with Gasteiger partial charge in [-0.3, -0.25) is 0 Å². The lowest BCUT2D eigenvalue weighted by Gasteiger charge is -2.20. The van der Waals surface area contributed by atoms with Crippen LogP contribution in [-0.4, -0.2) is 6.54 Å². The molecule has 0 radical (unpaired) electrons. The molecule has 1 nitrogen and oxygen atoms in total. The SMILES string of the molecule is CCCNC(c1ccc(F)cc1)c1cc(C)cc(C)c1. The molecule has 1 atom stereocenters. The minimum atomic E-state index is -0.191. The van der Waals surface area contributed by atoms with Crippen molar-refractivity contribution in [2.24, 2.45) is 0 Å². The Hall–Kier alpha value is -1.67. The van der Waals surface area contributed by atoms with E-state index in [4.69, 9.17) is 0 Å². The summed E-state index contributed by atoms with van der Waals surface area (Å²) in [5.41, 5.74) is 4.85. The van der Waals surface area contributed by atoms with E-state index >= 15 is 0 Å². The second kappa shape index (κ2) is 6.67. The second-order valence-electron chi connectivity index (χ2n) is 5.36. The van der Waals surface area contributed by atoms with Gasteiger partial charge in [0.1, 0.15) is 5.82 Å². The molecule has 2 aromatic carbocycles. The number of rotatable bonds is 5. The zero-order valence-corrected chi connectivity index (χ0v) is 12.4. The standard InChI is InChI=1S/C18H22FN/c1-4-9-20-18(15-5-7-17(19)8-6-15)16-11-13(2)10-14(3)12-16/h5-8,10-12,18,20H,4,9H2,1-3H3. The molecule has 2 heteroatoms. The molecule has 1 N–H and O–H groups in total. The van der Waals surface area contributed by atoms with Crippen LogP contribution in [0.1, 0.15) is 41.6 Å². The molecule has 0 amide bonds. The Balaban J connectivity index is 2.38. The summed E-state index contributed by atoms with van der Waals surface area (Å²) in [5, 5.41) is 3.55. The summed E-state index contributed by atoms with van der Waals surface area (Å²) in [6.45, 7) is 7.31. The Morgan fingerprint density at radius 1 is 0.950 bits per heavy atom. The van der Waals surface area contributed by atoms with E-state index in [0.717, 1.165) is 18.5 Å². The lowest BCUT2D eigenvalue weighted by atomic mass is 9.95. The van der Waals surface area contributed by atoms with Gasteiger partial charge in [0.2, 0.25) is 0 Å². The van der Waals surface area contributed by atoms with Crippen molar-refractivity contribution in [1.82, 2.24) is 5.32 Å². The van der Waals surface area contributed by atoms with E-state index < -0.39 is 0 Å². The summed E-state index contributed by atoms with van der Waals surface area (Å²) in [4.78, 5) is 0. The van der Waals surface area contributed by atoms with Crippen LogP contribution >= 0.6 is 0 Å². The van der Waals surface area contributed by atoms with Crippen LogP contribution < -0.4 is 5.32 Å². The number of hydrogen-bond donors (Lipinski definition) is 1. The lowest BCUT2D eigenvalue weighted by molar-refractivity contribution is 0.592. The van der Waals surface area contributed by atoms with E-state index in [2.05, 4.69) is 44.3 Å². The van der Waals surface area contributed by atoms with Gasteiger partial charge in [-0.1, -0.05) is 48.4 Å². The highest BCUT2D eigenvalue weighted by atomic mass is 19.1. The van der Waals surface area contributed by atoms with E-state index in [0.29, 0.717) is 0 Å². The van der Waals surface area contributed by atoms with Crippen molar-refractivity contribution in [3.63, 3.8) is 0 Å². The van der Waals surface area contributed by atoms with Crippen LogP contribution in [0.15, 0.2) is 42.5 Å². The van der Waals surface area contributed by atoms with E-state index in [1.54, 1.807) is 0 Å². The fraction of sp³-hybridized carbons (Fsp3) is 0.333. The third-order valence-electron chi connectivity index (χ3n) is 3.38. The second-order valence-corrected chi connectivity index (χ2v) is 5.36. The number of aryl methyl sites for hydroxylation is 2. The predicted octanol–water partition coefficient (Wildman–Crippen LogP) is 4.53. The molecule has 0 fully saturated rings. The highest BCUT2D eigenvalue weighted by molar-refractivity contribution is 5.37. The average molecular weight is 271 g/mol. The van der Waals surface area contributed by atoms with Crippen LogP contribution in [0, 0.1) is 19.7 Å². The summed E-state index contributed by atoms with van der Waals surface area (Å²) < 4.78 is 13.1. The largest absolute Gasteiger partial charge is 0.306 e. The number of benzene rings is 2. The van der Waals surface area contributed by atoms with Crippen LogP contribution in [-0.2, 0) is 0 Å². The lowest BCUT2D eigenvalue weighted by Crippen LogP contribution is -2.23. The van der Waals surface area contributed by atoms with Gasteiger partial charge in [0, 0.05) is 0 Å². The van der Waals surface area contributed by atoms with E-state index in [1.807, 2.05) is 12.1 Å². The van der Waals surface area contributed by atoms with Gasteiger partial charge in [-0.15, -0.1) is 0 Å². The minimum Gasteiger partial charge on any atom is -0.306 e. The van der Waals surface area contributed by atoms with Crippen molar-refractivity contribution in [2.75, 3.05) is 6.54 Å². The molecular weight excluding hydrogens is 249 g/mol. The fourth-order valence-electron chi connectivity index (χ4n) is 2.55. The Morgan fingerprint density at radius 2 is 1.55 bits per heavy atom. The number of halogens is 1. The highest BCUT2D eigenvalue weighted by Crippen LogP contribution is 2.24. The molecule has 0 spiro atoms. The van der Waals surface area contributed by atoms with Crippen LogP contribution in [0.4, 0.5) is 4.39 Å².